The first-order chi connectivity index (χ1) is 8.18. The van der Waals surface area contributed by atoms with Crippen LogP contribution in [0.15, 0.2) is 53.5 Å². The van der Waals surface area contributed by atoms with Crippen molar-refractivity contribution < 1.29 is 9.63 Å². The van der Waals surface area contributed by atoms with Crippen LogP contribution in [0.5, 0.6) is 0 Å². The third-order valence-corrected chi connectivity index (χ3v) is 3.00. The topological polar surface area (TPSA) is 48.3 Å². The summed E-state index contributed by atoms with van der Waals surface area (Å²) >= 11 is 2.04. The number of hydrogen-bond donors (Lipinski definition) is 0. The van der Waals surface area contributed by atoms with E-state index in [1.807, 2.05) is 28.7 Å². The minimum Gasteiger partial charge on any atom is -0.328 e. The molecular formula is C12H8INO3. The molecule has 2 aromatic rings. The van der Waals surface area contributed by atoms with E-state index in [4.69, 9.17) is 4.84 Å². The summed E-state index contributed by atoms with van der Waals surface area (Å²) in [5, 5.41) is 0. The molecule has 0 bridgehead atoms. The summed E-state index contributed by atoms with van der Waals surface area (Å²) in [5.74, 6) is -0.552. The van der Waals surface area contributed by atoms with Crippen molar-refractivity contribution >= 4 is 28.6 Å². The first-order valence-electron chi connectivity index (χ1n) is 4.83. The Labute approximate surface area is 111 Å². The molecule has 1 heterocycles. The van der Waals surface area contributed by atoms with Crippen molar-refractivity contribution in [3.05, 3.63) is 68.1 Å². The Bertz CT molecular complexity index is 606. The number of pyridine rings is 1. The van der Waals surface area contributed by atoms with Gasteiger partial charge in [-0.25, -0.2) is 4.79 Å². The molecular weight excluding hydrogens is 333 g/mol. The zero-order chi connectivity index (χ0) is 12.3. The fourth-order valence-electron chi connectivity index (χ4n) is 1.25. The van der Waals surface area contributed by atoms with Gasteiger partial charge in [0, 0.05) is 15.8 Å². The molecule has 0 aliphatic rings. The van der Waals surface area contributed by atoms with Crippen molar-refractivity contribution in [2.45, 2.75) is 0 Å². The van der Waals surface area contributed by atoms with Crippen LogP contribution in [0.4, 0.5) is 0 Å². The molecule has 0 saturated carbocycles. The van der Waals surface area contributed by atoms with Gasteiger partial charge in [0.15, 0.2) is 0 Å². The molecule has 0 N–H and O–H groups in total. The Morgan fingerprint density at radius 1 is 1.12 bits per heavy atom. The van der Waals surface area contributed by atoms with Crippen LogP contribution in [-0.4, -0.2) is 10.7 Å². The molecule has 0 aliphatic carbocycles. The average Bonchev–Trinajstić information content (AvgIpc) is 2.32. The van der Waals surface area contributed by atoms with Crippen LogP contribution in [0.25, 0.3) is 0 Å². The summed E-state index contributed by atoms with van der Waals surface area (Å²) in [4.78, 5) is 28.1. The quantitative estimate of drug-likeness (QED) is 0.782. The van der Waals surface area contributed by atoms with Crippen molar-refractivity contribution in [1.29, 1.82) is 0 Å². The van der Waals surface area contributed by atoms with Crippen LogP contribution < -0.4 is 10.4 Å². The number of carbonyl (C=O) groups excluding carboxylic acids is 1. The van der Waals surface area contributed by atoms with Crippen molar-refractivity contribution in [2.24, 2.45) is 0 Å². The minimum absolute atomic E-state index is 0.383. The lowest BCUT2D eigenvalue weighted by molar-refractivity contribution is 0.0441. The lowest BCUT2D eigenvalue weighted by Gasteiger charge is -2.06. The summed E-state index contributed by atoms with van der Waals surface area (Å²) in [5.41, 5.74) is 0.0515. The number of benzene rings is 1. The van der Waals surface area contributed by atoms with Gasteiger partial charge in [-0.15, -0.1) is 4.73 Å². The number of aromatic nitrogens is 1. The lowest BCUT2D eigenvalue weighted by Crippen LogP contribution is -2.29. The number of carbonyl (C=O) groups is 1. The van der Waals surface area contributed by atoms with Gasteiger partial charge in [0.2, 0.25) is 0 Å². The van der Waals surface area contributed by atoms with Gasteiger partial charge in [0.25, 0.3) is 5.56 Å². The molecule has 0 saturated heterocycles. The van der Waals surface area contributed by atoms with E-state index < -0.39 is 5.97 Å². The summed E-state index contributed by atoms with van der Waals surface area (Å²) in [6.07, 6.45) is 1.40. The highest BCUT2D eigenvalue weighted by Gasteiger charge is 2.12. The van der Waals surface area contributed by atoms with Gasteiger partial charge < -0.3 is 4.84 Å². The highest BCUT2D eigenvalue weighted by molar-refractivity contribution is 14.1. The van der Waals surface area contributed by atoms with E-state index >= 15 is 0 Å². The predicted molar refractivity (Wildman–Crippen MR) is 70.8 cm³/mol. The molecule has 86 valence electrons. The van der Waals surface area contributed by atoms with Gasteiger partial charge in [0.1, 0.15) is 0 Å². The highest BCUT2D eigenvalue weighted by Crippen LogP contribution is 2.11. The SMILES string of the molecule is O=C(On1ccccc1=O)c1ccccc1I. The standard InChI is InChI=1S/C12H8INO3/c13-10-6-2-1-5-9(10)12(16)17-14-8-4-3-7-11(14)15/h1-8H. The number of hydrogen-bond acceptors (Lipinski definition) is 3. The van der Waals surface area contributed by atoms with E-state index in [1.165, 1.54) is 12.3 Å². The van der Waals surface area contributed by atoms with E-state index in [1.54, 1.807) is 30.3 Å². The minimum atomic E-state index is -0.552. The molecule has 0 aliphatic heterocycles. The third kappa shape index (κ3) is 2.73. The van der Waals surface area contributed by atoms with E-state index in [0.717, 1.165) is 8.30 Å². The molecule has 4 nitrogen and oxygen atoms in total. The monoisotopic (exact) mass is 341 g/mol. The molecule has 0 unspecified atom stereocenters. The maximum absolute atomic E-state index is 11.8. The largest absolute Gasteiger partial charge is 0.364 e. The highest BCUT2D eigenvalue weighted by atomic mass is 127. The number of halogens is 1. The normalized spacial score (nSPS) is 9.94. The molecule has 0 fully saturated rings. The van der Waals surface area contributed by atoms with Gasteiger partial charge in [-0.05, 0) is 40.8 Å². The maximum Gasteiger partial charge on any atom is 0.364 e. The Kier molecular flexibility index (Phi) is 3.58. The Morgan fingerprint density at radius 3 is 2.53 bits per heavy atom. The Balaban J connectivity index is 2.27. The summed E-state index contributed by atoms with van der Waals surface area (Å²) < 4.78 is 1.69. The van der Waals surface area contributed by atoms with Crippen LogP contribution in [-0.2, 0) is 0 Å². The molecule has 0 atom stereocenters. The molecule has 0 radical (unpaired) electrons. The second kappa shape index (κ2) is 5.13. The van der Waals surface area contributed by atoms with Gasteiger partial charge in [-0.2, -0.15) is 0 Å². The summed E-state index contributed by atoms with van der Waals surface area (Å²) in [7, 11) is 0. The number of nitrogens with zero attached hydrogens (tertiary/aromatic N) is 1. The van der Waals surface area contributed by atoms with Crippen molar-refractivity contribution in [3.63, 3.8) is 0 Å². The zero-order valence-corrected chi connectivity index (χ0v) is 10.8. The van der Waals surface area contributed by atoms with Gasteiger partial charge in [-0.1, -0.05) is 18.2 Å². The summed E-state index contributed by atoms with van der Waals surface area (Å²) in [6.45, 7) is 0. The van der Waals surface area contributed by atoms with Gasteiger partial charge >= 0.3 is 5.97 Å². The number of rotatable bonds is 2. The van der Waals surface area contributed by atoms with Crippen LogP contribution in [0, 0.1) is 3.57 Å². The molecule has 1 aromatic heterocycles. The van der Waals surface area contributed by atoms with Gasteiger partial charge in [0.05, 0.1) is 5.56 Å². The van der Waals surface area contributed by atoms with Crippen LogP contribution in [0.3, 0.4) is 0 Å². The van der Waals surface area contributed by atoms with Crippen LogP contribution >= 0.6 is 22.6 Å². The zero-order valence-electron chi connectivity index (χ0n) is 8.67. The predicted octanol–water partition coefficient (Wildman–Crippen LogP) is 1.72. The average molecular weight is 341 g/mol. The summed E-state index contributed by atoms with van der Waals surface area (Å²) in [6, 6.07) is 11.5. The fraction of sp³-hybridized carbons (Fsp3) is 0. The van der Waals surface area contributed by atoms with E-state index in [-0.39, 0.29) is 5.56 Å². The van der Waals surface area contributed by atoms with Gasteiger partial charge in [-0.3, -0.25) is 4.79 Å². The molecule has 1 aromatic carbocycles. The van der Waals surface area contributed by atoms with Crippen LogP contribution in [0.1, 0.15) is 10.4 Å². The molecule has 17 heavy (non-hydrogen) atoms. The first-order valence-corrected chi connectivity index (χ1v) is 5.91. The second-order valence-electron chi connectivity index (χ2n) is 3.22. The maximum atomic E-state index is 11.8. The third-order valence-electron chi connectivity index (χ3n) is 2.06. The van der Waals surface area contributed by atoms with Crippen molar-refractivity contribution in [3.8, 4) is 0 Å². The van der Waals surface area contributed by atoms with E-state index in [9.17, 15) is 9.59 Å². The van der Waals surface area contributed by atoms with Crippen LogP contribution in [0.2, 0.25) is 0 Å². The molecule has 2 rings (SSSR count). The molecule has 0 spiro atoms. The molecule has 5 heteroatoms. The van der Waals surface area contributed by atoms with E-state index in [0.29, 0.717) is 5.56 Å². The Morgan fingerprint density at radius 2 is 1.82 bits per heavy atom. The first kappa shape index (κ1) is 11.8. The fourth-order valence-corrected chi connectivity index (χ4v) is 1.86. The van der Waals surface area contributed by atoms with Crippen molar-refractivity contribution in [1.82, 2.24) is 4.73 Å². The molecule has 0 amide bonds. The van der Waals surface area contributed by atoms with Crippen molar-refractivity contribution in [2.75, 3.05) is 0 Å². The second-order valence-corrected chi connectivity index (χ2v) is 4.39. The Hall–Kier alpha value is -1.63. The lowest BCUT2D eigenvalue weighted by atomic mass is 10.2. The van der Waals surface area contributed by atoms with E-state index in [2.05, 4.69) is 0 Å². The smallest absolute Gasteiger partial charge is 0.328 e.